The SMILES string of the molecule is CCCCCCCC1(CC[C@H]2[C@H](O)CC3OC(O)C[C@@H]32)OCCO1. The van der Waals surface area contributed by atoms with Crippen LogP contribution >= 0.6 is 0 Å². The molecule has 2 unspecified atom stereocenters. The van der Waals surface area contributed by atoms with Gasteiger partial charge in [-0.15, -0.1) is 0 Å². The Bertz CT molecular complexity index is 382. The Morgan fingerprint density at radius 1 is 0.958 bits per heavy atom. The first-order valence-electron chi connectivity index (χ1n) is 9.93. The molecule has 1 aliphatic carbocycles. The second-order valence-corrected chi connectivity index (χ2v) is 7.81. The number of unbranched alkanes of at least 4 members (excludes halogenated alkanes) is 4. The molecular weight excluding hydrogens is 308 g/mol. The molecule has 0 amide bonds. The van der Waals surface area contributed by atoms with E-state index < -0.39 is 12.1 Å². The zero-order valence-electron chi connectivity index (χ0n) is 15.0. The Morgan fingerprint density at radius 2 is 1.71 bits per heavy atom. The van der Waals surface area contributed by atoms with Crippen molar-refractivity contribution in [3.63, 3.8) is 0 Å². The van der Waals surface area contributed by atoms with Crippen molar-refractivity contribution in [2.24, 2.45) is 11.8 Å². The summed E-state index contributed by atoms with van der Waals surface area (Å²) in [7, 11) is 0. The number of rotatable bonds is 9. The average molecular weight is 342 g/mol. The molecule has 2 N–H and O–H groups in total. The smallest absolute Gasteiger partial charge is 0.168 e. The van der Waals surface area contributed by atoms with E-state index in [1.807, 2.05) is 0 Å². The fourth-order valence-corrected chi connectivity index (χ4v) is 4.82. The molecule has 5 heteroatoms. The van der Waals surface area contributed by atoms with Crippen LogP contribution in [0.3, 0.4) is 0 Å². The van der Waals surface area contributed by atoms with Crippen molar-refractivity contribution in [1.29, 1.82) is 0 Å². The van der Waals surface area contributed by atoms with Crippen LogP contribution in [0.4, 0.5) is 0 Å². The molecule has 3 aliphatic rings. The van der Waals surface area contributed by atoms with Gasteiger partial charge in [0, 0.05) is 25.7 Å². The van der Waals surface area contributed by atoms with Gasteiger partial charge in [0.15, 0.2) is 12.1 Å². The van der Waals surface area contributed by atoms with Gasteiger partial charge in [0.1, 0.15) is 0 Å². The lowest BCUT2D eigenvalue weighted by atomic mass is 9.86. The summed E-state index contributed by atoms with van der Waals surface area (Å²) >= 11 is 0. The van der Waals surface area contributed by atoms with Crippen LogP contribution in [0.2, 0.25) is 0 Å². The largest absolute Gasteiger partial charge is 0.393 e. The Hall–Kier alpha value is -0.200. The molecule has 0 radical (unpaired) electrons. The van der Waals surface area contributed by atoms with Crippen LogP contribution < -0.4 is 0 Å². The maximum atomic E-state index is 10.4. The van der Waals surface area contributed by atoms with Crippen LogP contribution in [-0.2, 0) is 14.2 Å². The van der Waals surface area contributed by atoms with Crippen molar-refractivity contribution >= 4 is 0 Å². The molecule has 2 saturated heterocycles. The highest BCUT2D eigenvalue weighted by Gasteiger charge is 2.49. The number of hydrogen-bond acceptors (Lipinski definition) is 5. The van der Waals surface area contributed by atoms with Crippen molar-refractivity contribution in [3.8, 4) is 0 Å². The molecule has 140 valence electrons. The number of aliphatic hydroxyl groups excluding tert-OH is 2. The minimum atomic E-state index is -0.651. The molecule has 2 aliphatic heterocycles. The van der Waals surface area contributed by atoms with Crippen molar-refractivity contribution < 1.29 is 24.4 Å². The summed E-state index contributed by atoms with van der Waals surface area (Å²) in [5, 5.41) is 20.1. The summed E-state index contributed by atoms with van der Waals surface area (Å²) in [4.78, 5) is 0. The first-order chi connectivity index (χ1) is 11.6. The highest BCUT2D eigenvalue weighted by Crippen LogP contribution is 2.46. The molecule has 3 rings (SSSR count). The van der Waals surface area contributed by atoms with E-state index in [-0.39, 0.29) is 24.0 Å². The molecule has 0 aromatic heterocycles. The zero-order chi connectivity index (χ0) is 17.0. The van der Waals surface area contributed by atoms with E-state index in [0.29, 0.717) is 26.1 Å². The fraction of sp³-hybridized carbons (Fsp3) is 1.00. The van der Waals surface area contributed by atoms with E-state index in [0.717, 1.165) is 25.7 Å². The molecule has 24 heavy (non-hydrogen) atoms. The number of hydrogen-bond donors (Lipinski definition) is 2. The van der Waals surface area contributed by atoms with Crippen LogP contribution in [0, 0.1) is 11.8 Å². The standard InChI is InChI=1S/C19H34O5/c1-2-3-4-5-6-8-19(22-10-11-23-19)9-7-14-15-12-18(21)24-17(15)13-16(14)20/h14-18,20-21H,2-13H2,1H3/t14-,15-,16-,17?,18?/m1/s1. The Balaban J connectivity index is 1.48. The van der Waals surface area contributed by atoms with Gasteiger partial charge in [0.2, 0.25) is 0 Å². The predicted octanol–water partition coefficient (Wildman–Crippen LogP) is 2.97. The predicted molar refractivity (Wildman–Crippen MR) is 90.3 cm³/mol. The van der Waals surface area contributed by atoms with Gasteiger partial charge in [-0.2, -0.15) is 0 Å². The molecule has 1 saturated carbocycles. The Kier molecular flexibility index (Phi) is 6.55. The minimum absolute atomic E-state index is 0.0235. The molecule has 0 aromatic carbocycles. The van der Waals surface area contributed by atoms with E-state index >= 15 is 0 Å². The maximum Gasteiger partial charge on any atom is 0.168 e. The van der Waals surface area contributed by atoms with Gasteiger partial charge in [0.25, 0.3) is 0 Å². The van der Waals surface area contributed by atoms with Crippen molar-refractivity contribution in [3.05, 3.63) is 0 Å². The third-order valence-corrected chi connectivity index (χ3v) is 6.13. The summed E-state index contributed by atoms with van der Waals surface area (Å²) in [6, 6.07) is 0. The summed E-state index contributed by atoms with van der Waals surface area (Å²) in [6.07, 6.45) is 9.24. The highest BCUT2D eigenvalue weighted by molar-refractivity contribution is 4.96. The summed E-state index contributed by atoms with van der Waals surface area (Å²) in [6.45, 7) is 3.58. The second-order valence-electron chi connectivity index (χ2n) is 7.81. The molecule has 0 bridgehead atoms. The van der Waals surface area contributed by atoms with Gasteiger partial charge in [0.05, 0.1) is 25.4 Å². The lowest BCUT2D eigenvalue weighted by Crippen LogP contribution is -2.32. The topological polar surface area (TPSA) is 68.2 Å². The molecule has 5 nitrogen and oxygen atoms in total. The van der Waals surface area contributed by atoms with Gasteiger partial charge in [-0.25, -0.2) is 0 Å². The number of fused-ring (bicyclic) bond motifs is 1. The molecule has 3 fully saturated rings. The van der Waals surface area contributed by atoms with Crippen LogP contribution in [-0.4, -0.2) is 47.7 Å². The van der Waals surface area contributed by atoms with Crippen molar-refractivity contribution in [2.75, 3.05) is 13.2 Å². The quantitative estimate of drug-likeness (QED) is 0.631. The first kappa shape index (κ1) is 18.6. The van der Waals surface area contributed by atoms with E-state index in [2.05, 4.69) is 6.92 Å². The van der Waals surface area contributed by atoms with Gasteiger partial charge in [-0.1, -0.05) is 32.6 Å². The van der Waals surface area contributed by atoms with E-state index in [1.165, 1.54) is 25.7 Å². The third-order valence-electron chi connectivity index (χ3n) is 6.13. The Morgan fingerprint density at radius 3 is 2.46 bits per heavy atom. The molecule has 2 heterocycles. The van der Waals surface area contributed by atoms with Crippen molar-refractivity contribution in [1.82, 2.24) is 0 Å². The van der Waals surface area contributed by atoms with Crippen LogP contribution in [0.1, 0.15) is 71.1 Å². The Labute approximate surface area is 145 Å². The number of aliphatic hydroxyl groups is 2. The summed E-state index contributed by atoms with van der Waals surface area (Å²) < 4.78 is 17.5. The fourth-order valence-electron chi connectivity index (χ4n) is 4.82. The van der Waals surface area contributed by atoms with E-state index in [9.17, 15) is 10.2 Å². The van der Waals surface area contributed by atoms with Crippen molar-refractivity contribution in [2.45, 2.75) is 95.4 Å². The minimum Gasteiger partial charge on any atom is -0.393 e. The zero-order valence-corrected chi connectivity index (χ0v) is 15.0. The van der Waals surface area contributed by atoms with E-state index in [4.69, 9.17) is 14.2 Å². The van der Waals surface area contributed by atoms with Crippen LogP contribution in [0.15, 0.2) is 0 Å². The molecule has 0 aromatic rings. The highest BCUT2D eigenvalue weighted by atomic mass is 16.7. The lowest BCUT2D eigenvalue weighted by Gasteiger charge is -2.30. The maximum absolute atomic E-state index is 10.4. The third kappa shape index (κ3) is 4.31. The van der Waals surface area contributed by atoms with Crippen LogP contribution in [0.25, 0.3) is 0 Å². The monoisotopic (exact) mass is 342 g/mol. The molecular formula is C19H34O5. The van der Waals surface area contributed by atoms with Crippen LogP contribution in [0.5, 0.6) is 0 Å². The summed E-state index contributed by atoms with van der Waals surface area (Å²) in [5.41, 5.74) is 0. The molecule has 5 atom stereocenters. The average Bonchev–Trinajstić information content (AvgIpc) is 3.21. The number of ether oxygens (including phenoxy) is 3. The van der Waals surface area contributed by atoms with Gasteiger partial charge < -0.3 is 24.4 Å². The van der Waals surface area contributed by atoms with E-state index in [1.54, 1.807) is 0 Å². The summed E-state index contributed by atoms with van der Waals surface area (Å²) in [5.74, 6) is 0.0252. The van der Waals surface area contributed by atoms with Gasteiger partial charge >= 0.3 is 0 Å². The van der Waals surface area contributed by atoms with Gasteiger partial charge in [-0.3, -0.25) is 0 Å². The van der Waals surface area contributed by atoms with Gasteiger partial charge in [-0.05, 0) is 24.7 Å². The molecule has 0 spiro atoms. The second kappa shape index (κ2) is 8.45. The first-order valence-corrected chi connectivity index (χ1v) is 9.93. The lowest BCUT2D eigenvalue weighted by molar-refractivity contribution is -0.171. The normalized spacial score (nSPS) is 37.9.